The minimum atomic E-state index is -1.06. The molecule has 1 N–H and O–H groups in total. The van der Waals surface area contributed by atoms with E-state index in [2.05, 4.69) is 4.98 Å². The average molecular weight is 356 g/mol. The smallest absolute Gasteiger partial charge is 0.255 e. The predicted octanol–water partition coefficient (Wildman–Crippen LogP) is 2.44. The van der Waals surface area contributed by atoms with Crippen molar-refractivity contribution >= 4 is 5.91 Å². The second-order valence-electron chi connectivity index (χ2n) is 6.70. The molecule has 2 aromatic rings. The summed E-state index contributed by atoms with van der Waals surface area (Å²) in [5.41, 5.74) is 0.440. The second kappa shape index (κ2) is 7.74. The molecule has 1 saturated heterocycles. The Morgan fingerprint density at radius 1 is 1.31 bits per heavy atom. The number of rotatable bonds is 5. The van der Waals surface area contributed by atoms with Gasteiger partial charge < -0.3 is 19.5 Å². The lowest BCUT2D eigenvalue weighted by Gasteiger charge is -2.39. The van der Waals surface area contributed by atoms with Gasteiger partial charge >= 0.3 is 0 Å². The minimum Gasteiger partial charge on any atom is -0.490 e. The number of benzene rings is 1. The zero-order chi connectivity index (χ0) is 18.6. The number of methoxy groups -OCH3 is 1. The minimum absolute atomic E-state index is 0.144. The molecule has 6 heteroatoms. The number of pyridine rings is 1. The number of ether oxygens (including phenoxy) is 2. The molecule has 1 atom stereocenters. The van der Waals surface area contributed by atoms with E-state index in [4.69, 9.17) is 9.47 Å². The topological polar surface area (TPSA) is 71.9 Å². The van der Waals surface area contributed by atoms with Crippen molar-refractivity contribution in [1.82, 2.24) is 9.88 Å². The van der Waals surface area contributed by atoms with E-state index < -0.39 is 5.60 Å². The van der Waals surface area contributed by atoms with Crippen LogP contribution < -0.4 is 9.47 Å². The Kier molecular flexibility index (Phi) is 5.42. The largest absolute Gasteiger partial charge is 0.490 e. The number of carbonyl (C=O) groups is 1. The number of piperidine rings is 1. The number of aryl methyl sites for hydroxylation is 1. The number of hydrogen-bond acceptors (Lipinski definition) is 5. The highest BCUT2D eigenvalue weighted by Gasteiger charge is 2.36. The van der Waals surface area contributed by atoms with E-state index in [1.165, 1.54) is 13.3 Å². The van der Waals surface area contributed by atoms with Gasteiger partial charge in [0, 0.05) is 18.8 Å². The van der Waals surface area contributed by atoms with Crippen LogP contribution in [0.15, 0.2) is 42.6 Å². The molecule has 3 rings (SSSR count). The van der Waals surface area contributed by atoms with Crippen LogP contribution in [-0.2, 0) is 0 Å². The van der Waals surface area contributed by atoms with Gasteiger partial charge in [0.15, 0.2) is 0 Å². The van der Waals surface area contributed by atoms with Crippen LogP contribution in [0.5, 0.6) is 11.6 Å². The molecule has 1 aromatic carbocycles. The van der Waals surface area contributed by atoms with Crippen LogP contribution in [0.1, 0.15) is 28.8 Å². The van der Waals surface area contributed by atoms with Gasteiger partial charge in [0.05, 0.1) is 19.2 Å². The molecule has 0 radical (unpaired) electrons. The molecular formula is C20H24N2O4. The fraction of sp³-hybridized carbons (Fsp3) is 0.400. The molecule has 1 fully saturated rings. The number of nitrogens with zero attached hydrogens (tertiary/aromatic N) is 2. The average Bonchev–Trinajstić information content (AvgIpc) is 2.67. The van der Waals surface area contributed by atoms with E-state index >= 15 is 0 Å². The maximum absolute atomic E-state index is 12.7. The number of aliphatic hydroxyl groups is 1. The lowest BCUT2D eigenvalue weighted by molar-refractivity contribution is -0.0533. The van der Waals surface area contributed by atoms with Crippen LogP contribution in [0.4, 0.5) is 0 Å². The standard InChI is InChI=1S/C20H24N2O4/c1-15-6-3-4-7-17(15)26-14-20(24)10-5-11-22(13-20)19(23)16-8-9-18(25-2)21-12-16/h3-4,6-9,12,24H,5,10-11,13-14H2,1-2H3/t20-/m0/s1. The Hall–Kier alpha value is -2.60. The molecule has 1 amide bonds. The van der Waals surface area contributed by atoms with Crippen LogP contribution in [0.2, 0.25) is 0 Å². The monoisotopic (exact) mass is 356 g/mol. The molecule has 0 unspecified atom stereocenters. The van der Waals surface area contributed by atoms with E-state index in [1.54, 1.807) is 17.0 Å². The molecule has 1 aromatic heterocycles. The van der Waals surface area contributed by atoms with E-state index in [9.17, 15) is 9.90 Å². The van der Waals surface area contributed by atoms with E-state index in [1.807, 2.05) is 31.2 Å². The quantitative estimate of drug-likeness (QED) is 0.891. The molecule has 1 aliphatic heterocycles. The number of likely N-dealkylation sites (tertiary alicyclic amines) is 1. The van der Waals surface area contributed by atoms with Crippen LogP contribution in [0.3, 0.4) is 0 Å². The SMILES string of the molecule is COc1ccc(C(=O)N2CCC[C@@](O)(COc3ccccc3C)C2)cn1. The van der Waals surface area contributed by atoms with Gasteiger partial charge in [-0.15, -0.1) is 0 Å². The summed E-state index contributed by atoms with van der Waals surface area (Å²) in [7, 11) is 1.53. The highest BCUT2D eigenvalue weighted by Crippen LogP contribution is 2.25. The van der Waals surface area contributed by atoms with Crippen molar-refractivity contribution in [1.29, 1.82) is 0 Å². The van der Waals surface area contributed by atoms with E-state index in [0.717, 1.165) is 17.7 Å². The van der Waals surface area contributed by atoms with Gasteiger partial charge in [-0.05, 0) is 37.5 Å². The molecule has 1 aliphatic rings. The molecule has 0 aliphatic carbocycles. The first-order valence-corrected chi connectivity index (χ1v) is 8.71. The molecule has 138 valence electrons. The number of β-amino-alcohol motifs (C(OH)–C–C–N with tert-alkyl or cyclic N) is 1. The van der Waals surface area contributed by atoms with E-state index in [0.29, 0.717) is 24.4 Å². The Labute approximate surface area is 153 Å². The summed E-state index contributed by atoms with van der Waals surface area (Å²) in [5.74, 6) is 1.07. The maximum atomic E-state index is 12.7. The van der Waals surface area contributed by atoms with Crippen LogP contribution >= 0.6 is 0 Å². The summed E-state index contributed by atoms with van der Waals surface area (Å²) >= 11 is 0. The normalized spacial score (nSPS) is 19.9. The Morgan fingerprint density at radius 2 is 2.12 bits per heavy atom. The summed E-state index contributed by atoms with van der Waals surface area (Å²) in [6.07, 6.45) is 2.82. The van der Waals surface area contributed by atoms with Gasteiger partial charge in [0.2, 0.25) is 5.88 Å². The lowest BCUT2D eigenvalue weighted by atomic mass is 9.93. The number of para-hydroxylation sites is 1. The van der Waals surface area contributed by atoms with Crippen molar-refractivity contribution < 1.29 is 19.4 Å². The van der Waals surface area contributed by atoms with Gasteiger partial charge in [0.1, 0.15) is 18.0 Å². The fourth-order valence-corrected chi connectivity index (χ4v) is 3.14. The number of hydrogen-bond donors (Lipinski definition) is 1. The molecule has 0 saturated carbocycles. The first-order chi connectivity index (χ1) is 12.5. The lowest BCUT2D eigenvalue weighted by Crippen LogP contribution is -2.53. The summed E-state index contributed by atoms with van der Waals surface area (Å²) in [5, 5.41) is 10.9. The van der Waals surface area contributed by atoms with Crippen LogP contribution in [-0.4, -0.2) is 53.3 Å². The summed E-state index contributed by atoms with van der Waals surface area (Å²) < 4.78 is 10.8. The zero-order valence-electron chi connectivity index (χ0n) is 15.1. The van der Waals surface area contributed by atoms with Crippen molar-refractivity contribution in [3.63, 3.8) is 0 Å². The third-order valence-corrected chi connectivity index (χ3v) is 4.62. The molecule has 0 bridgehead atoms. The predicted molar refractivity (Wildman–Crippen MR) is 97.6 cm³/mol. The van der Waals surface area contributed by atoms with Gasteiger partial charge in [-0.2, -0.15) is 0 Å². The van der Waals surface area contributed by atoms with Crippen molar-refractivity contribution in [3.05, 3.63) is 53.7 Å². The second-order valence-corrected chi connectivity index (χ2v) is 6.70. The van der Waals surface area contributed by atoms with Crippen molar-refractivity contribution in [2.75, 3.05) is 26.8 Å². The van der Waals surface area contributed by atoms with Gasteiger partial charge in [-0.3, -0.25) is 4.79 Å². The van der Waals surface area contributed by atoms with Gasteiger partial charge in [0.25, 0.3) is 5.91 Å². The molecule has 6 nitrogen and oxygen atoms in total. The van der Waals surface area contributed by atoms with E-state index in [-0.39, 0.29) is 19.1 Å². The highest BCUT2D eigenvalue weighted by atomic mass is 16.5. The van der Waals surface area contributed by atoms with Gasteiger partial charge in [-0.25, -0.2) is 4.98 Å². The van der Waals surface area contributed by atoms with Crippen LogP contribution in [0.25, 0.3) is 0 Å². The molecule has 2 heterocycles. The summed E-state index contributed by atoms with van der Waals surface area (Å²) in [6, 6.07) is 11.0. The maximum Gasteiger partial charge on any atom is 0.255 e. The molecular weight excluding hydrogens is 332 g/mol. The highest BCUT2D eigenvalue weighted by molar-refractivity contribution is 5.94. The van der Waals surface area contributed by atoms with Crippen molar-refractivity contribution in [3.8, 4) is 11.6 Å². The molecule has 0 spiro atoms. The Bertz CT molecular complexity index is 763. The first kappa shape index (κ1) is 18.2. The van der Waals surface area contributed by atoms with Crippen molar-refractivity contribution in [2.45, 2.75) is 25.4 Å². The van der Waals surface area contributed by atoms with Crippen LogP contribution in [0, 0.1) is 6.92 Å². The summed E-state index contributed by atoms with van der Waals surface area (Å²) in [6.45, 7) is 2.97. The van der Waals surface area contributed by atoms with Crippen molar-refractivity contribution in [2.24, 2.45) is 0 Å². The number of aromatic nitrogens is 1. The zero-order valence-corrected chi connectivity index (χ0v) is 15.1. The molecule has 26 heavy (non-hydrogen) atoms. The van der Waals surface area contributed by atoms with Gasteiger partial charge in [-0.1, -0.05) is 18.2 Å². The first-order valence-electron chi connectivity index (χ1n) is 8.71. The summed E-state index contributed by atoms with van der Waals surface area (Å²) in [4.78, 5) is 18.4. The number of amides is 1. The Balaban J connectivity index is 1.65. The Morgan fingerprint density at radius 3 is 2.81 bits per heavy atom. The number of carbonyl (C=O) groups excluding carboxylic acids is 1. The fourth-order valence-electron chi connectivity index (χ4n) is 3.14. The third-order valence-electron chi connectivity index (χ3n) is 4.62. The third kappa shape index (κ3) is 4.14.